The van der Waals surface area contributed by atoms with Gasteiger partial charge in [-0.3, -0.25) is 14.4 Å². The normalized spacial score (nSPS) is 12.4. The summed E-state index contributed by atoms with van der Waals surface area (Å²) >= 11 is 0. The molecule has 0 amide bonds. The van der Waals surface area contributed by atoms with Crippen LogP contribution in [0.2, 0.25) is 0 Å². The van der Waals surface area contributed by atoms with Gasteiger partial charge in [-0.15, -0.1) is 0 Å². The summed E-state index contributed by atoms with van der Waals surface area (Å²) in [5, 5.41) is 0. The van der Waals surface area contributed by atoms with E-state index in [1.807, 2.05) is 0 Å². The third kappa shape index (κ3) is 55.6. The predicted molar refractivity (Wildman–Crippen MR) is 298 cm³/mol. The molecule has 6 heteroatoms. The molecule has 0 aliphatic heterocycles. The molecule has 69 heavy (non-hydrogen) atoms. The molecular weight excluding hydrogens is 853 g/mol. The number of unbranched alkanes of at least 4 members (excludes halogenated alkanes) is 41. The molecule has 0 spiro atoms. The van der Waals surface area contributed by atoms with E-state index in [1.54, 1.807) is 0 Å². The predicted octanol–water partition coefficient (Wildman–Crippen LogP) is 20.8. The zero-order chi connectivity index (χ0) is 50.4. The minimum absolute atomic E-state index is 0.0620. The summed E-state index contributed by atoms with van der Waals surface area (Å²) in [6.07, 6.45) is 60.9. The van der Waals surface area contributed by atoms with Crippen LogP contribution in [0, 0.1) is 11.8 Å². The summed E-state index contributed by atoms with van der Waals surface area (Å²) in [6.45, 7) is 11.5. The van der Waals surface area contributed by atoms with Gasteiger partial charge in [0, 0.05) is 19.3 Å². The van der Waals surface area contributed by atoms with Crippen molar-refractivity contribution in [1.29, 1.82) is 0 Å². The number of carbonyl (C=O) groups excluding carboxylic acids is 3. The minimum Gasteiger partial charge on any atom is -0.462 e. The molecule has 0 fully saturated rings. The van der Waals surface area contributed by atoms with E-state index in [9.17, 15) is 14.4 Å². The maximum absolute atomic E-state index is 12.9. The summed E-state index contributed by atoms with van der Waals surface area (Å²) in [6, 6.07) is 0. The molecule has 0 aromatic carbocycles. The summed E-state index contributed by atoms with van der Waals surface area (Å²) < 4.78 is 16.9. The minimum atomic E-state index is -0.763. The quantitative estimate of drug-likeness (QED) is 0.0343. The van der Waals surface area contributed by atoms with Crippen molar-refractivity contribution in [2.45, 2.75) is 362 Å². The van der Waals surface area contributed by atoms with Gasteiger partial charge in [-0.2, -0.15) is 0 Å². The molecule has 0 radical (unpaired) electrons. The first kappa shape index (κ1) is 67.4. The Labute approximate surface area is 431 Å². The Bertz CT molecular complexity index is 1060. The summed E-state index contributed by atoms with van der Waals surface area (Å²) in [5.74, 6) is 0.921. The van der Waals surface area contributed by atoms with Crippen LogP contribution in [0.25, 0.3) is 0 Å². The van der Waals surface area contributed by atoms with E-state index >= 15 is 0 Å². The molecule has 0 bridgehead atoms. The number of hydrogen-bond acceptors (Lipinski definition) is 6. The van der Waals surface area contributed by atoms with Gasteiger partial charge in [0.15, 0.2) is 6.10 Å². The molecule has 0 aliphatic carbocycles. The third-order valence-electron chi connectivity index (χ3n) is 14.8. The van der Waals surface area contributed by atoms with Gasteiger partial charge in [0.25, 0.3) is 0 Å². The molecule has 0 saturated carbocycles. The second-order valence-electron chi connectivity index (χ2n) is 22.4. The first-order chi connectivity index (χ1) is 33.8. The van der Waals surface area contributed by atoms with Crippen LogP contribution in [0.15, 0.2) is 0 Å². The largest absolute Gasteiger partial charge is 0.462 e. The highest BCUT2D eigenvalue weighted by molar-refractivity contribution is 5.71. The molecule has 0 N–H and O–H groups in total. The van der Waals surface area contributed by atoms with Crippen LogP contribution < -0.4 is 0 Å². The summed E-state index contributed by atoms with van der Waals surface area (Å²) in [5.41, 5.74) is 0. The smallest absolute Gasteiger partial charge is 0.306 e. The summed E-state index contributed by atoms with van der Waals surface area (Å²) in [4.78, 5) is 38.2. The molecule has 6 nitrogen and oxygen atoms in total. The molecule has 0 rings (SSSR count). The second kappa shape index (κ2) is 55.7. The van der Waals surface area contributed by atoms with Crippen LogP contribution in [-0.2, 0) is 28.6 Å². The zero-order valence-corrected chi connectivity index (χ0v) is 47.5. The molecule has 0 aliphatic rings. The highest BCUT2D eigenvalue weighted by Crippen LogP contribution is 2.19. The van der Waals surface area contributed by atoms with Gasteiger partial charge in [-0.05, 0) is 31.1 Å². The van der Waals surface area contributed by atoms with Gasteiger partial charge < -0.3 is 14.2 Å². The molecule has 0 aromatic heterocycles. The Balaban J connectivity index is 4.25. The topological polar surface area (TPSA) is 78.9 Å². The second-order valence-corrected chi connectivity index (χ2v) is 22.4. The number of hydrogen-bond donors (Lipinski definition) is 0. The first-order valence-electron chi connectivity index (χ1n) is 31.3. The maximum Gasteiger partial charge on any atom is 0.306 e. The van der Waals surface area contributed by atoms with Crippen molar-refractivity contribution in [1.82, 2.24) is 0 Å². The van der Waals surface area contributed by atoms with Crippen molar-refractivity contribution in [2.24, 2.45) is 11.8 Å². The van der Waals surface area contributed by atoms with E-state index in [-0.39, 0.29) is 31.1 Å². The zero-order valence-electron chi connectivity index (χ0n) is 47.5. The lowest BCUT2D eigenvalue weighted by molar-refractivity contribution is -0.167. The van der Waals surface area contributed by atoms with E-state index in [1.165, 1.54) is 244 Å². The molecular formula is C63H122O6. The van der Waals surface area contributed by atoms with E-state index in [4.69, 9.17) is 14.2 Å². The van der Waals surface area contributed by atoms with E-state index in [0.29, 0.717) is 19.3 Å². The maximum atomic E-state index is 12.9. The van der Waals surface area contributed by atoms with E-state index in [0.717, 1.165) is 69.6 Å². The number of esters is 3. The van der Waals surface area contributed by atoms with E-state index in [2.05, 4.69) is 34.6 Å². The van der Waals surface area contributed by atoms with Crippen LogP contribution in [-0.4, -0.2) is 37.2 Å². The molecule has 0 saturated heterocycles. The van der Waals surface area contributed by atoms with Gasteiger partial charge in [-0.25, -0.2) is 0 Å². The monoisotopic (exact) mass is 975 g/mol. The standard InChI is InChI=1S/C63H122O6/c1-6-8-9-10-11-12-13-28-33-38-43-48-53-61(64)67-56-60(57-68-62(65)54-49-44-39-34-29-24-21-20-23-27-32-37-42-47-52-59(5)7-2)69-63(66)55-50-45-40-35-30-25-19-17-15-14-16-18-22-26-31-36-41-46-51-58(3)4/h58-60H,6-57H2,1-5H3/t59?,60-/m1/s1. The lowest BCUT2D eigenvalue weighted by Crippen LogP contribution is -2.30. The van der Waals surface area contributed by atoms with Crippen LogP contribution in [0.4, 0.5) is 0 Å². The Morgan fingerprint density at radius 2 is 0.551 bits per heavy atom. The van der Waals surface area contributed by atoms with Crippen molar-refractivity contribution in [3.05, 3.63) is 0 Å². The van der Waals surface area contributed by atoms with Gasteiger partial charge in [0.1, 0.15) is 13.2 Å². The Kier molecular flexibility index (Phi) is 54.4. The van der Waals surface area contributed by atoms with Crippen LogP contribution in [0.5, 0.6) is 0 Å². The third-order valence-corrected chi connectivity index (χ3v) is 14.8. The average molecular weight is 976 g/mol. The Morgan fingerprint density at radius 1 is 0.304 bits per heavy atom. The highest BCUT2D eigenvalue weighted by Gasteiger charge is 2.19. The lowest BCUT2D eigenvalue weighted by Gasteiger charge is -2.18. The fourth-order valence-corrected chi connectivity index (χ4v) is 9.73. The van der Waals surface area contributed by atoms with Crippen LogP contribution in [0.3, 0.4) is 0 Å². The van der Waals surface area contributed by atoms with Gasteiger partial charge >= 0.3 is 17.9 Å². The van der Waals surface area contributed by atoms with Crippen molar-refractivity contribution < 1.29 is 28.6 Å². The van der Waals surface area contributed by atoms with Crippen molar-refractivity contribution >= 4 is 17.9 Å². The first-order valence-corrected chi connectivity index (χ1v) is 31.3. The van der Waals surface area contributed by atoms with Gasteiger partial charge in [0.05, 0.1) is 0 Å². The molecule has 1 unspecified atom stereocenters. The van der Waals surface area contributed by atoms with Gasteiger partial charge in [0.2, 0.25) is 0 Å². The SMILES string of the molecule is CCCCCCCCCCCCCCC(=O)OC[C@H](COC(=O)CCCCCCCCCCCCCCCCC(C)CC)OC(=O)CCCCCCCCCCCCCCCCCCCCC(C)C. The Morgan fingerprint density at radius 3 is 0.826 bits per heavy atom. The fraction of sp³-hybridized carbons (Fsp3) is 0.952. The van der Waals surface area contributed by atoms with Crippen LogP contribution in [0.1, 0.15) is 356 Å². The molecule has 410 valence electrons. The van der Waals surface area contributed by atoms with E-state index < -0.39 is 6.10 Å². The van der Waals surface area contributed by atoms with Crippen molar-refractivity contribution in [2.75, 3.05) is 13.2 Å². The summed E-state index contributed by atoms with van der Waals surface area (Å²) in [7, 11) is 0. The number of rotatable bonds is 57. The van der Waals surface area contributed by atoms with Gasteiger partial charge in [-0.1, -0.05) is 317 Å². The highest BCUT2D eigenvalue weighted by atomic mass is 16.6. The molecule has 0 aromatic rings. The van der Waals surface area contributed by atoms with Crippen molar-refractivity contribution in [3.8, 4) is 0 Å². The Hall–Kier alpha value is -1.59. The van der Waals surface area contributed by atoms with Crippen LogP contribution >= 0.6 is 0 Å². The molecule has 2 atom stereocenters. The fourth-order valence-electron chi connectivity index (χ4n) is 9.73. The average Bonchev–Trinajstić information content (AvgIpc) is 3.34. The number of ether oxygens (including phenoxy) is 3. The number of carbonyl (C=O) groups is 3. The lowest BCUT2D eigenvalue weighted by atomic mass is 9.99. The molecule has 0 heterocycles. The van der Waals surface area contributed by atoms with Crippen molar-refractivity contribution in [3.63, 3.8) is 0 Å².